The molecule has 8 heteroatoms. The predicted molar refractivity (Wildman–Crippen MR) is 403 cm³/mol. The molecule has 4 nitrogen and oxygen atoms in total. The molecular formula is C81H122N4Si4+4. The smallest absolute Gasteiger partial charge is 0.201 e. The molecule has 0 saturated heterocycles. The summed E-state index contributed by atoms with van der Waals surface area (Å²) in [6, 6.07) is 37.4. The lowest BCUT2D eigenvalue weighted by atomic mass is 9.90. The summed E-state index contributed by atoms with van der Waals surface area (Å²) in [4.78, 5) is 0. The molecule has 0 aliphatic carbocycles. The number of pyridine rings is 4. The third kappa shape index (κ3) is 19.2. The molecular weight excluding hydrogens is 1140 g/mol. The van der Waals surface area contributed by atoms with Gasteiger partial charge in [0.1, 0.15) is 28.2 Å². The van der Waals surface area contributed by atoms with Crippen LogP contribution >= 0.6 is 0 Å². The third-order valence-corrected chi connectivity index (χ3v) is 26.8. The Bertz CT molecular complexity index is 3760. The van der Waals surface area contributed by atoms with Crippen molar-refractivity contribution in [2.75, 3.05) is 0 Å². The average Bonchev–Trinajstić information content (AvgIpc) is 0.951. The van der Waals surface area contributed by atoms with Crippen LogP contribution in [0.15, 0.2) is 122 Å². The molecule has 0 unspecified atom stereocenters. The second-order valence-electron chi connectivity index (χ2n) is 31.3. The molecule has 8 rings (SSSR count). The molecule has 0 bridgehead atoms. The van der Waals surface area contributed by atoms with E-state index in [-0.39, 0.29) is 0 Å². The molecule has 478 valence electrons. The summed E-state index contributed by atoms with van der Waals surface area (Å²) < 4.78 is 9.12. The van der Waals surface area contributed by atoms with Crippen LogP contribution in [0.25, 0.3) is 45.0 Å². The molecule has 8 aromatic rings. The molecule has 0 radical (unpaired) electrons. The van der Waals surface area contributed by atoms with Gasteiger partial charge in [-0.15, -0.1) is 0 Å². The van der Waals surface area contributed by atoms with Crippen LogP contribution < -0.4 is 39.0 Å². The largest absolute Gasteiger partial charge is 0.212 e. The van der Waals surface area contributed by atoms with E-state index >= 15 is 0 Å². The maximum Gasteiger partial charge on any atom is 0.212 e. The van der Waals surface area contributed by atoms with Gasteiger partial charge in [-0.1, -0.05) is 174 Å². The minimum absolute atomic E-state index is 0.581. The second kappa shape index (κ2) is 30.2. The molecule has 0 atom stereocenters. The highest BCUT2D eigenvalue weighted by molar-refractivity contribution is 6.90. The van der Waals surface area contributed by atoms with Gasteiger partial charge in [0, 0.05) is 68.8 Å². The second-order valence-corrected chi connectivity index (χ2v) is 51.5. The van der Waals surface area contributed by atoms with Gasteiger partial charge in [-0.3, -0.25) is 0 Å². The van der Waals surface area contributed by atoms with Gasteiger partial charge in [0.05, 0.1) is 32.3 Å². The van der Waals surface area contributed by atoms with Crippen LogP contribution in [0.3, 0.4) is 0 Å². The van der Waals surface area contributed by atoms with E-state index in [1.165, 1.54) is 125 Å². The van der Waals surface area contributed by atoms with Crippen LogP contribution in [0.1, 0.15) is 133 Å². The zero-order valence-corrected chi connectivity index (χ0v) is 66.2. The van der Waals surface area contributed by atoms with Crippen molar-refractivity contribution in [3.8, 4) is 45.0 Å². The SMILES string of the molecule is CCC(CC)c1ccc(C)c(-c2cc([Si](C)(C)C)c(C)c[n+]2C)c1.Cc1cc(C(C)C)ccc1-c1cc([Si](C)(C)C)c(C)c[n+]1C.Cc1cc(CC(C)C)ccc1-c1cc([Si](C)(C)C)c(C)c[n+]1C.Cc1ccc(-c2cc([Si](C)(C)C)c(C)c[n+]2C)c(C)c1. The van der Waals surface area contributed by atoms with Crippen LogP contribution in [-0.2, 0) is 34.6 Å². The van der Waals surface area contributed by atoms with E-state index in [1.54, 1.807) is 20.7 Å². The maximum atomic E-state index is 2.46. The highest BCUT2D eigenvalue weighted by Gasteiger charge is 2.29. The van der Waals surface area contributed by atoms with E-state index in [1.807, 2.05) is 0 Å². The number of benzene rings is 4. The molecule has 89 heavy (non-hydrogen) atoms. The number of rotatable bonds is 14. The van der Waals surface area contributed by atoms with Crippen LogP contribution in [0, 0.1) is 68.2 Å². The highest BCUT2D eigenvalue weighted by atomic mass is 28.3. The fraction of sp³-hybridized carbons (Fsp3) is 0.457. The first kappa shape index (κ1) is 74.1. The van der Waals surface area contributed by atoms with Crippen LogP contribution in [0.5, 0.6) is 0 Å². The zero-order valence-electron chi connectivity index (χ0n) is 62.2. The van der Waals surface area contributed by atoms with E-state index in [4.69, 9.17) is 0 Å². The normalized spacial score (nSPS) is 12.0. The molecule has 4 aromatic carbocycles. The molecule has 0 fully saturated rings. The van der Waals surface area contributed by atoms with Gasteiger partial charge < -0.3 is 0 Å². The van der Waals surface area contributed by atoms with Crippen molar-refractivity contribution in [1.29, 1.82) is 0 Å². The summed E-state index contributed by atoms with van der Waals surface area (Å²) in [5, 5.41) is 6.26. The monoisotopic (exact) mass is 1260 g/mol. The van der Waals surface area contributed by atoms with Crippen molar-refractivity contribution in [3.05, 3.63) is 189 Å². The standard InChI is InChI=1S/C22H34NSi.C21H32NSi.C20H30NSi.C18H26NSi/c1-9-18(10-2)19-12-11-16(3)20(13-19)21-14-22(24(6,7)8)17(4)15-23(21)5;1-15(2)11-18-9-10-19(16(3)12-18)20-13-21(23(6,7)8)17(4)14-22(20)5;1-14(2)17-9-10-18(15(3)11-17)19-12-20(22(6,7)8)16(4)13-21(19)5;1-13-8-9-16(14(2)10-13)17-11-18(20(5,6)7)15(3)12-19(17)4/h11-15,18H,9-10H2,1-8H3;9-10,12-15H,11H2,1-8H3;9-14H,1-8H3;8-12H,1-7H3/q4*+1. The molecule has 0 spiro atoms. The molecule has 0 amide bonds. The van der Waals surface area contributed by atoms with Gasteiger partial charge in [-0.05, 0) is 183 Å². The summed E-state index contributed by atoms with van der Waals surface area (Å²) in [5.41, 5.74) is 27.6. The van der Waals surface area contributed by atoms with Crippen molar-refractivity contribution in [2.45, 2.75) is 214 Å². The average molecular weight is 1260 g/mol. The van der Waals surface area contributed by atoms with Crippen molar-refractivity contribution >= 4 is 53.0 Å². The minimum Gasteiger partial charge on any atom is -0.201 e. The fourth-order valence-electron chi connectivity index (χ4n) is 13.4. The number of nitrogens with zero attached hydrogens (tertiary/aromatic N) is 4. The Kier molecular flexibility index (Phi) is 25.1. The maximum absolute atomic E-state index is 2.46. The highest BCUT2D eigenvalue weighted by Crippen LogP contribution is 2.31. The number of hydrogen-bond acceptors (Lipinski definition) is 0. The van der Waals surface area contributed by atoms with Gasteiger partial charge in [-0.25, -0.2) is 18.3 Å². The summed E-state index contributed by atoms with van der Waals surface area (Å²) >= 11 is 0. The van der Waals surface area contributed by atoms with E-state index in [0.29, 0.717) is 17.8 Å². The Labute approximate surface area is 549 Å². The molecule has 4 aromatic heterocycles. The van der Waals surface area contributed by atoms with Gasteiger partial charge in [-0.2, -0.15) is 0 Å². The Morgan fingerprint density at radius 2 is 0.652 bits per heavy atom. The first-order valence-electron chi connectivity index (χ1n) is 33.5. The Hall–Kier alpha value is -5.65. The molecule has 4 heterocycles. The van der Waals surface area contributed by atoms with Gasteiger partial charge >= 0.3 is 0 Å². The Morgan fingerprint density at radius 3 is 0.966 bits per heavy atom. The lowest BCUT2D eigenvalue weighted by Gasteiger charge is -2.20. The van der Waals surface area contributed by atoms with Crippen LogP contribution in [0.2, 0.25) is 78.6 Å². The van der Waals surface area contributed by atoms with E-state index in [9.17, 15) is 0 Å². The van der Waals surface area contributed by atoms with Crippen LogP contribution in [-0.4, -0.2) is 32.3 Å². The first-order valence-corrected chi connectivity index (χ1v) is 47.5. The topological polar surface area (TPSA) is 15.5 Å². The molecule has 0 aliphatic heterocycles. The number of aryl methyl sites for hydroxylation is 13. The molecule has 0 N–H and O–H groups in total. The van der Waals surface area contributed by atoms with Crippen molar-refractivity contribution < 1.29 is 18.3 Å². The fourth-order valence-corrected chi connectivity index (χ4v) is 20.7. The van der Waals surface area contributed by atoms with E-state index in [2.05, 4.69) is 351 Å². The number of hydrogen-bond donors (Lipinski definition) is 0. The Balaban J connectivity index is 0.000000216. The summed E-state index contributed by atoms with van der Waals surface area (Å²) in [5.74, 6) is 1.95. The van der Waals surface area contributed by atoms with Gasteiger partial charge in [0.15, 0.2) is 24.8 Å². The number of aromatic nitrogens is 4. The van der Waals surface area contributed by atoms with Crippen molar-refractivity contribution in [2.24, 2.45) is 34.1 Å². The lowest BCUT2D eigenvalue weighted by molar-refractivity contribution is -0.660. The summed E-state index contributed by atoms with van der Waals surface area (Å²) in [7, 11) is 3.35. The van der Waals surface area contributed by atoms with Gasteiger partial charge in [0.25, 0.3) is 0 Å². The van der Waals surface area contributed by atoms with Gasteiger partial charge in [0.2, 0.25) is 22.8 Å². The Morgan fingerprint density at radius 1 is 0.326 bits per heavy atom. The first-order chi connectivity index (χ1) is 41.1. The van der Waals surface area contributed by atoms with E-state index in [0.717, 1.165) is 6.42 Å². The minimum atomic E-state index is -1.34. The van der Waals surface area contributed by atoms with E-state index < -0.39 is 32.3 Å². The van der Waals surface area contributed by atoms with Crippen molar-refractivity contribution in [3.63, 3.8) is 0 Å². The summed E-state index contributed by atoms with van der Waals surface area (Å²) in [6.45, 7) is 62.8. The van der Waals surface area contributed by atoms with Crippen molar-refractivity contribution in [1.82, 2.24) is 0 Å². The molecule has 0 aliphatic rings. The van der Waals surface area contributed by atoms with Crippen LogP contribution in [0.4, 0.5) is 0 Å². The molecule has 0 saturated carbocycles. The summed E-state index contributed by atoms with van der Waals surface area (Å²) in [6.07, 6.45) is 12.7. The lowest BCUT2D eigenvalue weighted by Crippen LogP contribution is -2.44. The zero-order chi connectivity index (χ0) is 67.2. The quantitative estimate of drug-likeness (QED) is 0.0762. The third-order valence-electron chi connectivity index (χ3n) is 18.2. The predicted octanol–water partition coefficient (Wildman–Crippen LogP) is 17.9.